The third kappa shape index (κ3) is 3.54. The molecular formula is C18H23FN2O2. The van der Waals surface area contributed by atoms with E-state index in [4.69, 9.17) is 0 Å². The summed E-state index contributed by atoms with van der Waals surface area (Å²) in [6.45, 7) is 4.38. The maximum absolute atomic E-state index is 13.7. The third-order valence-corrected chi connectivity index (χ3v) is 4.85. The Kier molecular flexibility index (Phi) is 4.64. The zero-order valence-corrected chi connectivity index (χ0v) is 13.5. The van der Waals surface area contributed by atoms with Gasteiger partial charge in [-0.2, -0.15) is 0 Å². The van der Waals surface area contributed by atoms with E-state index in [1.807, 2.05) is 4.90 Å². The molecular weight excluding hydrogens is 295 g/mol. The van der Waals surface area contributed by atoms with Crippen LogP contribution in [0.3, 0.4) is 0 Å². The van der Waals surface area contributed by atoms with Crippen molar-refractivity contribution in [1.29, 1.82) is 0 Å². The number of hydrogen-bond acceptors (Lipinski definition) is 2. The maximum atomic E-state index is 13.7. The first-order valence-corrected chi connectivity index (χ1v) is 8.34. The molecule has 2 heterocycles. The number of benzene rings is 1. The van der Waals surface area contributed by atoms with Crippen LogP contribution >= 0.6 is 0 Å². The zero-order chi connectivity index (χ0) is 16.4. The Morgan fingerprint density at radius 3 is 2.83 bits per heavy atom. The van der Waals surface area contributed by atoms with Crippen LogP contribution < -0.4 is 0 Å². The number of rotatable bonds is 3. The maximum Gasteiger partial charge on any atom is 0.228 e. The molecule has 2 amide bonds. The molecule has 2 aliphatic heterocycles. The average Bonchev–Trinajstić information content (AvgIpc) is 2.90. The highest BCUT2D eigenvalue weighted by Gasteiger charge is 2.37. The van der Waals surface area contributed by atoms with E-state index in [-0.39, 0.29) is 36.5 Å². The molecule has 124 valence electrons. The fraction of sp³-hybridized carbons (Fsp3) is 0.556. The Hall–Kier alpha value is -1.91. The Morgan fingerprint density at radius 2 is 2.09 bits per heavy atom. The normalized spacial score (nSPS) is 25.0. The molecule has 0 saturated carbocycles. The van der Waals surface area contributed by atoms with Gasteiger partial charge in [-0.1, -0.05) is 25.1 Å². The number of carbonyl (C=O) groups is 2. The van der Waals surface area contributed by atoms with Gasteiger partial charge in [0.2, 0.25) is 11.8 Å². The Balaban J connectivity index is 1.63. The van der Waals surface area contributed by atoms with Crippen molar-refractivity contribution in [1.82, 2.24) is 9.80 Å². The third-order valence-electron chi connectivity index (χ3n) is 4.85. The fourth-order valence-electron chi connectivity index (χ4n) is 3.57. The summed E-state index contributed by atoms with van der Waals surface area (Å²) in [6.07, 6.45) is 2.44. The summed E-state index contributed by atoms with van der Waals surface area (Å²) in [4.78, 5) is 28.3. The molecule has 0 aromatic heterocycles. The van der Waals surface area contributed by atoms with Crippen molar-refractivity contribution >= 4 is 11.8 Å². The van der Waals surface area contributed by atoms with Gasteiger partial charge < -0.3 is 9.80 Å². The van der Waals surface area contributed by atoms with Crippen LogP contribution in [0.2, 0.25) is 0 Å². The minimum Gasteiger partial charge on any atom is -0.342 e. The molecule has 5 heteroatoms. The number of piperidine rings is 1. The van der Waals surface area contributed by atoms with E-state index >= 15 is 0 Å². The van der Waals surface area contributed by atoms with Crippen molar-refractivity contribution in [2.75, 3.05) is 19.6 Å². The summed E-state index contributed by atoms with van der Waals surface area (Å²) in [5, 5.41) is 0. The van der Waals surface area contributed by atoms with Crippen molar-refractivity contribution in [2.24, 2.45) is 11.8 Å². The molecule has 2 saturated heterocycles. The summed E-state index contributed by atoms with van der Waals surface area (Å²) in [5.41, 5.74) is 0.501. The lowest BCUT2D eigenvalue weighted by Gasteiger charge is -2.32. The summed E-state index contributed by atoms with van der Waals surface area (Å²) in [6, 6.07) is 6.48. The van der Waals surface area contributed by atoms with E-state index in [1.54, 1.807) is 23.1 Å². The van der Waals surface area contributed by atoms with E-state index in [0.29, 0.717) is 18.0 Å². The summed E-state index contributed by atoms with van der Waals surface area (Å²) >= 11 is 0. The highest BCUT2D eigenvalue weighted by atomic mass is 19.1. The van der Waals surface area contributed by atoms with Crippen molar-refractivity contribution in [2.45, 2.75) is 32.7 Å². The van der Waals surface area contributed by atoms with Gasteiger partial charge in [0.1, 0.15) is 5.82 Å². The van der Waals surface area contributed by atoms with Gasteiger partial charge in [0.25, 0.3) is 0 Å². The van der Waals surface area contributed by atoms with E-state index in [0.717, 1.165) is 25.9 Å². The molecule has 0 aliphatic carbocycles. The summed E-state index contributed by atoms with van der Waals surface area (Å²) in [7, 11) is 0. The molecule has 0 radical (unpaired) electrons. The minimum absolute atomic E-state index is 0.0586. The molecule has 0 bridgehead atoms. The fourth-order valence-corrected chi connectivity index (χ4v) is 3.57. The first kappa shape index (κ1) is 16.0. The van der Waals surface area contributed by atoms with Gasteiger partial charge in [-0.05, 0) is 24.8 Å². The molecule has 2 unspecified atom stereocenters. The lowest BCUT2D eigenvalue weighted by Crippen LogP contribution is -2.43. The van der Waals surface area contributed by atoms with Gasteiger partial charge in [0.15, 0.2) is 0 Å². The van der Waals surface area contributed by atoms with Gasteiger partial charge in [-0.3, -0.25) is 9.59 Å². The second-order valence-electron chi connectivity index (χ2n) is 6.80. The van der Waals surface area contributed by atoms with Crippen molar-refractivity contribution < 1.29 is 14.0 Å². The van der Waals surface area contributed by atoms with Crippen LogP contribution in [0.15, 0.2) is 24.3 Å². The second kappa shape index (κ2) is 6.69. The van der Waals surface area contributed by atoms with Crippen molar-refractivity contribution in [3.8, 4) is 0 Å². The highest BCUT2D eigenvalue weighted by molar-refractivity contribution is 5.89. The van der Waals surface area contributed by atoms with Gasteiger partial charge in [-0.15, -0.1) is 0 Å². The molecule has 23 heavy (non-hydrogen) atoms. The molecule has 2 aliphatic rings. The van der Waals surface area contributed by atoms with E-state index in [1.165, 1.54) is 6.07 Å². The SMILES string of the molecule is CC1CCCN(C(=O)C2CC(=O)N(Cc3ccccc3F)C2)C1. The zero-order valence-electron chi connectivity index (χ0n) is 13.5. The molecule has 0 spiro atoms. The quantitative estimate of drug-likeness (QED) is 0.859. The number of hydrogen-bond donors (Lipinski definition) is 0. The monoisotopic (exact) mass is 318 g/mol. The molecule has 3 rings (SSSR count). The first-order chi connectivity index (χ1) is 11.0. The average molecular weight is 318 g/mol. The largest absolute Gasteiger partial charge is 0.342 e. The standard InChI is InChI=1S/C18H23FN2O2/c1-13-5-4-8-20(10-13)18(23)15-9-17(22)21(12-15)11-14-6-2-3-7-16(14)19/h2-3,6-7,13,15H,4-5,8-12H2,1H3. The molecule has 4 nitrogen and oxygen atoms in total. The van der Waals surface area contributed by atoms with Crippen LogP contribution in [0.5, 0.6) is 0 Å². The second-order valence-corrected chi connectivity index (χ2v) is 6.80. The van der Waals surface area contributed by atoms with Crippen molar-refractivity contribution in [3.05, 3.63) is 35.6 Å². The number of halogens is 1. The van der Waals surface area contributed by atoms with Crippen LogP contribution in [0.25, 0.3) is 0 Å². The van der Waals surface area contributed by atoms with Crippen LogP contribution in [0, 0.1) is 17.7 Å². The van der Waals surface area contributed by atoms with E-state index in [2.05, 4.69) is 6.92 Å². The van der Waals surface area contributed by atoms with Crippen LogP contribution in [0.1, 0.15) is 31.7 Å². The van der Waals surface area contributed by atoms with Gasteiger partial charge >= 0.3 is 0 Å². The predicted octanol–water partition coefficient (Wildman–Crippen LogP) is 2.43. The minimum atomic E-state index is -0.306. The first-order valence-electron chi connectivity index (χ1n) is 8.34. The lowest BCUT2D eigenvalue weighted by atomic mass is 9.98. The van der Waals surface area contributed by atoms with Gasteiger partial charge in [0, 0.05) is 38.2 Å². The van der Waals surface area contributed by atoms with Gasteiger partial charge in [-0.25, -0.2) is 4.39 Å². The number of likely N-dealkylation sites (tertiary alicyclic amines) is 2. The smallest absolute Gasteiger partial charge is 0.228 e. The predicted molar refractivity (Wildman–Crippen MR) is 84.9 cm³/mol. The summed E-state index contributed by atoms with van der Waals surface area (Å²) < 4.78 is 13.7. The van der Waals surface area contributed by atoms with E-state index < -0.39 is 0 Å². The van der Waals surface area contributed by atoms with Crippen molar-refractivity contribution in [3.63, 3.8) is 0 Å². The molecule has 2 fully saturated rings. The highest BCUT2D eigenvalue weighted by Crippen LogP contribution is 2.25. The Bertz CT molecular complexity index is 604. The molecule has 0 N–H and O–H groups in total. The molecule has 1 aromatic rings. The number of carbonyl (C=O) groups excluding carboxylic acids is 2. The van der Waals surface area contributed by atoms with Crippen LogP contribution in [0.4, 0.5) is 4.39 Å². The number of amides is 2. The van der Waals surface area contributed by atoms with Gasteiger partial charge in [0.05, 0.1) is 5.92 Å². The Labute approximate surface area is 136 Å². The van der Waals surface area contributed by atoms with E-state index in [9.17, 15) is 14.0 Å². The number of nitrogens with zero attached hydrogens (tertiary/aromatic N) is 2. The lowest BCUT2D eigenvalue weighted by molar-refractivity contribution is -0.137. The topological polar surface area (TPSA) is 40.6 Å². The molecule has 2 atom stereocenters. The molecule has 1 aromatic carbocycles. The van der Waals surface area contributed by atoms with Crippen LogP contribution in [-0.4, -0.2) is 41.2 Å². The Morgan fingerprint density at radius 1 is 1.30 bits per heavy atom. The summed E-state index contributed by atoms with van der Waals surface area (Å²) in [5.74, 6) is -0.0311. The van der Waals surface area contributed by atoms with Crippen LogP contribution in [-0.2, 0) is 16.1 Å².